The molecule has 2 aromatic carbocycles. The number of thioether (sulfide) groups is 1. The summed E-state index contributed by atoms with van der Waals surface area (Å²) in [7, 11) is 0. The molecule has 1 amide bonds. The Kier molecular flexibility index (Phi) is 5.60. The van der Waals surface area contributed by atoms with Crippen LogP contribution < -0.4 is 4.74 Å². The Hall–Kier alpha value is -3.65. The van der Waals surface area contributed by atoms with Gasteiger partial charge in [-0.15, -0.1) is 0 Å². The van der Waals surface area contributed by atoms with Crippen LogP contribution in [0, 0.1) is 12.3 Å². The first-order chi connectivity index (χ1) is 16.0. The van der Waals surface area contributed by atoms with E-state index in [0.717, 1.165) is 39.2 Å². The highest BCUT2D eigenvalue weighted by Gasteiger charge is 2.35. The molecular formula is C25H23N5O2S. The summed E-state index contributed by atoms with van der Waals surface area (Å²) in [6.45, 7) is 5.19. The molecule has 0 saturated carbocycles. The summed E-state index contributed by atoms with van der Waals surface area (Å²) in [5, 5.41) is 16.7. The smallest absolute Gasteiger partial charge is 0.283 e. The standard InChI is InChI=1S/C25H23N5O2S/c1-3-22-28-30-23(26)19(24(31)27-25(30)33-22)14-17-15-29(20-10-6-5-9-18(17)20)12-13-32-21-11-7-4-8-16(21)2/h4-11,14-15,26H,3,12-13H2,1-2H3/b19-14+,26-23?. The van der Waals surface area contributed by atoms with Crippen LogP contribution in [0.1, 0.15) is 24.5 Å². The molecule has 0 bridgehead atoms. The number of aliphatic imine (C=N–C) groups is 1. The van der Waals surface area contributed by atoms with Crippen LogP contribution in [0.5, 0.6) is 5.75 Å². The van der Waals surface area contributed by atoms with Crippen molar-refractivity contribution in [2.24, 2.45) is 10.1 Å². The maximum Gasteiger partial charge on any atom is 0.283 e. The number of para-hydroxylation sites is 2. The molecule has 1 aromatic heterocycles. The monoisotopic (exact) mass is 457 g/mol. The quantitative estimate of drug-likeness (QED) is 0.525. The number of amides is 1. The highest BCUT2D eigenvalue weighted by molar-refractivity contribution is 8.26. The molecule has 3 aromatic rings. The van der Waals surface area contributed by atoms with Crippen molar-refractivity contribution >= 4 is 50.7 Å². The van der Waals surface area contributed by atoms with E-state index in [1.165, 1.54) is 16.8 Å². The van der Waals surface area contributed by atoms with E-state index >= 15 is 0 Å². The number of hydrogen-bond donors (Lipinski definition) is 1. The van der Waals surface area contributed by atoms with Gasteiger partial charge in [-0.2, -0.15) is 15.1 Å². The van der Waals surface area contributed by atoms with E-state index in [4.69, 9.17) is 10.1 Å². The Morgan fingerprint density at radius 1 is 1.15 bits per heavy atom. The molecule has 5 rings (SSSR count). The minimum Gasteiger partial charge on any atom is -0.491 e. The highest BCUT2D eigenvalue weighted by Crippen LogP contribution is 2.31. The molecule has 2 aliphatic heterocycles. The lowest BCUT2D eigenvalue weighted by Crippen LogP contribution is -2.35. The minimum absolute atomic E-state index is 0.0562. The first kappa shape index (κ1) is 21.2. The lowest BCUT2D eigenvalue weighted by Gasteiger charge is -2.20. The van der Waals surface area contributed by atoms with Crippen LogP contribution in [0.25, 0.3) is 17.0 Å². The molecule has 2 aliphatic rings. The zero-order valence-corrected chi connectivity index (χ0v) is 19.2. The van der Waals surface area contributed by atoms with E-state index in [2.05, 4.69) is 14.7 Å². The molecule has 0 unspecified atom stereocenters. The number of ether oxygens (including phenoxy) is 1. The molecule has 0 spiro atoms. The van der Waals surface area contributed by atoms with Gasteiger partial charge >= 0.3 is 0 Å². The van der Waals surface area contributed by atoms with Crippen molar-refractivity contribution in [3.05, 3.63) is 71.4 Å². The third kappa shape index (κ3) is 3.98. The van der Waals surface area contributed by atoms with Gasteiger partial charge < -0.3 is 9.30 Å². The Balaban J connectivity index is 1.44. The molecular weight excluding hydrogens is 434 g/mol. The van der Waals surface area contributed by atoms with Gasteiger partial charge in [-0.1, -0.05) is 43.3 Å². The number of benzene rings is 2. The average molecular weight is 458 g/mol. The van der Waals surface area contributed by atoms with Crippen LogP contribution in [0.15, 0.2) is 70.4 Å². The molecule has 1 N–H and O–H groups in total. The maximum atomic E-state index is 12.7. The Labute approximate surface area is 196 Å². The molecule has 166 valence electrons. The molecule has 0 aliphatic carbocycles. The van der Waals surface area contributed by atoms with E-state index in [-0.39, 0.29) is 11.4 Å². The summed E-state index contributed by atoms with van der Waals surface area (Å²) >= 11 is 1.34. The van der Waals surface area contributed by atoms with Crippen molar-refractivity contribution in [1.82, 2.24) is 9.58 Å². The van der Waals surface area contributed by atoms with Gasteiger partial charge in [0, 0.05) is 22.7 Å². The summed E-state index contributed by atoms with van der Waals surface area (Å²) in [6.07, 6.45) is 4.48. The predicted octanol–water partition coefficient (Wildman–Crippen LogP) is 5.06. The molecule has 0 atom stereocenters. The van der Waals surface area contributed by atoms with Crippen molar-refractivity contribution in [3.63, 3.8) is 0 Å². The predicted molar refractivity (Wildman–Crippen MR) is 134 cm³/mol. The number of carbonyl (C=O) groups is 1. The summed E-state index contributed by atoms with van der Waals surface area (Å²) in [5.41, 5.74) is 3.24. The van der Waals surface area contributed by atoms with E-state index in [1.54, 1.807) is 6.08 Å². The Morgan fingerprint density at radius 2 is 1.94 bits per heavy atom. The van der Waals surface area contributed by atoms with Crippen LogP contribution in [0.3, 0.4) is 0 Å². The van der Waals surface area contributed by atoms with E-state index < -0.39 is 5.91 Å². The lowest BCUT2D eigenvalue weighted by atomic mass is 10.1. The second kappa shape index (κ2) is 8.71. The second-order valence-electron chi connectivity index (χ2n) is 7.78. The number of aryl methyl sites for hydroxylation is 1. The Bertz CT molecular complexity index is 1370. The zero-order valence-electron chi connectivity index (χ0n) is 18.4. The fourth-order valence-corrected chi connectivity index (χ4v) is 4.70. The van der Waals surface area contributed by atoms with Crippen molar-refractivity contribution in [2.45, 2.75) is 26.8 Å². The van der Waals surface area contributed by atoms with E-state index in [9.17, 15) is 4.79 Å². The largest absolute Gasteiger partial charge is 0.491 e. The van der Waals surface area contributed by atoms with Crippen molar-refractivity contribution in [1.29, 1.82) is 5.41 Å². The fourth-order valence-electron chi connectivity index (χ4n) is 3.88. The SMILES string of the molecule is CCC1=NN2C(=N)/C(=C\c3cn(CCOc4ccccc4C)c4ccccc34)C(=O)N=C2S1. The van der Waals surface area contributed by atoms with Crippen molar-refractivity contribution in [2.75, 3.05) is 6.61 Å². The number of fused-ring (bicyclic) bond motifs is 2. The van der Waals surface area contributed by atoms with Crippen molar-refractivity contribution < 1.29 is 9.53 Å². The third-order valence-corrected chi connectivity index (χ3v) is 6.65. The fraction of sp³-hybridized carbons (Fsp3) is 0.200. The maximum absolute atomic E-state index is 12.7. The number of aromatic nitrogens is 1. The van der Waals surface area contributed by atoms with Crippen LogP contribution in [-0.4, -0.2) is 38.1 Å². The van der Waals surface area contributed by atoms with Crippen LogP contribution in [-0.2, 0) is 11.3 Å². The van der Waals surface area contributed by atoms with Gasteiger partial charge in [0.25, 0.3) is 5.91 Å². The second-order valence-corrected chi connectivity index (χ2v) is 8.82. The molecule has 0 saturated heterocycles. The van der Waals surface area contributed by atoms with Gasteiger partial charge in [0.2, 0.25) is 5.17 Å². The minimum atomic E-state index is -0.411. The topological polar surface area (TPSA) is 83.0 Å². The van der Waals surface area contributed by atoms with Gasteiger partial charge in [-0.25, -0.2) is 0 Å². The highest BCUT2D eigenvalue weighted by atomic mass is 32.2. The number of rotatable bonds is 6. The third-order valence-electron chi connectivity index (χ3n) is 5.60. The molecule has 33 heavy (non-hydrogen) atoms. The van der Waals surface area contributed by atoms with E-state index in [1.807, 2.05) is 68.6 Å². The van der Waals surface area contributed by atoms with Gasteiger partial charge in [0.1, 0.15) is 17.4 Å². The Morgan fingerprint density at radius 3 is 2.76 bits per heavy atom. The number of nitrogens with one attached hydrogen (secondary N) is 1. The number of hydrogen-bond acceptors (Lipinski definition) is 5. The summed E-state index contributed by atoms with van der Waals surface area (Å²) in [4.78, 5) is 16.9. The number of amidine groups is 2. The number of nitrogens with zero attached hydrogens (tertiary/aromatic N) is 4. The van der Waals surface area contributed by atoms with Gasteiger partial charge in [0.05, 0.1) is 12.1 Å². The van der Waals surface area contributed by atoms with Gasteiger partial charge in [0.15, 0.2) is 5.84 Å². The first-order valence-electron chi connectivity index (χ1n) is 10.8. The number of carbonyl (C=O) groups excluding carboxylic acids is 1. The molecule has 7 nitrogen and oxygen atoms in total. The number of hydrazone groups is 1. The molecule has 3 heterocycles. The normalized spacial score (nSPS) is 16.9. The molecule has 8 heteroatoms. The summed E-state index contributed by atoms with van der Waals surface area (Å²) in [5.74, 6) is 0.522. The van der Waals surface area contributed by atoms with Gasteiger partial charge in [-0.05, 0) is 48.9 Å². The summed E-state index contributed by atoms with van der Waals surface area (Å²) in [6, 6.07) is 16.0. The average Bonchev–Trinajstić information content (AvgIpc) is 3.39. The van der Waals surface area contributed by atoms with E-state index in [0.29, 0.717) is 18.3 Å². The lowest BCUT2D eigenvalue weighted by molar-refractivity contribution is -0.114. The first-order valence-corrected chi connectivity index (χ1v) is 11.6. The van der Waals surface area contributed by atoms with Crippen LogP contribution in [0.4, 0.5) is 0 Å². The van der Waals surface area contributed by atoms with Crippen LogP contribution >= 0.6 is 11.8 Å². The van der Waals surface area contributed by atoms with Gasteiger partial charge in [-0.3, -0.25) is 10.2 Å². The molecule has 0 fully saturated rings. The summed E-state index contributed by atoms with van der Waals surface area (Å²) < 4.78 is 8.10. The molecule has 0 radical (unpaired) electrons. The van der Waals surface area contributed by atoms with Crippen LogP contribution in [0.2, 0.25) is 0 Å². The van der Waals surface area contributed by atoms with Crippen molar-refractivity contribution in [3.8, 4) is 5.75 Å². The zero-order chi connectivity index (χ0) is 22.9.